The number of nitrogens with zero attached hydrogens (tertiary/aromatic N) is 1. The molecule has 0 unspecified atom stereocenters. The van der Waals surface area contributed by atoms with Crippen LogP contribution in [0.15, 0.2) is 48.5 Å². The van der Waals surface area contributed by atoms with Gasteiger partial charge in [-0.05, 0) is 49.7 Å². The van der Waals surface area contributed by atoms with Crippen LogP contribution in [0, 0.1) is 5.82 Å². The highest BCUT2D eigenvalue weighted by Crippen LogP contribution is 2.24. The van der Waals surface area contributed by atoms with Crippen molar-refractivity contribution in [3.8, 4) is 5.75 Å². The fourth-order valence-electron chi connectivity index (χ4n) is 2.86. The monoisotopic (exact) mass is 454 g/mol. The van der Waals surface area contributed by atoms with Gasteiger partial charge < -0.3 is 10.1 Å². The Hall–Kier alpha value is -2.26. The summed E-state index contributed by atoms with van der Waals surface area (Å²) in [5.41, 5.74) is 0.999. The third-order valence-electron chi connectivity index (χ3n) is 4.25. The molecule has 0 saturated carbocycles. The first-order valence-electron chi connectivity index (χ1n) is 9.55. The second-order valence-corrected chi connectivity index (χ2v) is 9.56. The predicted molar refractivity (Wildman–Crippen MR) is 120 cm³/mol. The lowest BCUT2D eigenvalue weighted by atomic mass is 10.2. The number of carbonyl (C=O) groups is 1. The molecule has 30 heavy (non-hydrogen) atoms. The highest BCUT2D eigenvalue weighted by atomic mass is 32.2. The van der Waals surface area contributed by atoms with E-state index in [2.05, 4.69) is 5.32 Å². The molecule has 1 N–H and O–H groups in total. The van der Waals surface area contributed by atoms with Gasteiger partial charge in [-0.15, -0.1) is 0 Å². The van der Waals surface area contributed by atoms with Gasteiger partial charge in [-0.25, -0.2) is 12.8 Å². The van der Waals surface area contributed by atoms with Crippen molar-refractivity contribution >= 4 is 33.4 Å². The molecule has 0 aliphatic carbocycles. The van der Waals surface area contributed by atoms with Crippen molar-refractivity contribution < 1.29 is 22.3 Å². The molecule has 6 nitrogen and oxygen atoms in total. The van der Waals surface area contributed by atoms with E-state index in [9.17, 15) is 17.6 Å². The van der Waals surface area contributed by atoms with Gasteiger partial charge in [0.1, 0.15) is 17.6 Å². The highest BCUT2D eigenvalue weighted by Gasteiger charge is 2.28. The lowest BCUT2D eigenvalue weighted by Gasteiger charge is -2.28. The molecule has 0 bridgehead atoms. The topological polar surface area (TPSA) is 75.7 Å². The first-order valence-corrected chi connectivity index (χ1v) is 12.6. The minimum atomic E-state index is -3.68. The average molecular weight is 455 g/mol. The zero-order valence-electron chi connectivity index (χ0n) is 17.3. The van der Waals surface area contributed by atoms with Crippen molar-refractivity contribution in [2.75, 3.05) is 29.5 Å². The van der Waals surface area contributed by atoms with Crippen LogP contribution in [0.1, 0.15) is 19.4 Å². The summed E-state index contributed by atoms with van der Waals surface area (Å²) in [6.07, 6.45) is 1.07. The summed E-state index contributed by atoms with van der Waals surface area (Å²) in [7, 11) is -3.68. The van der Waals surface area contributed by atoms with E-state index in [0.717, 1.165) is 10.6 Å². The molecule has 0 spiro atoms. The molecule has 9 heteroatoms. The zero-order valence-corrected chi connectivity index (χ0v) is 18.9. The van der Waals surface area contributed by atoms with E-state index in [1.807, 2.05) is 6.92 Å². The van der Waals surface area contributed by atoms with Crippen LogP contribution < -0.4 is 14.4 Å². The number of rotatable bonds is 11. The van der Waals surface area contributed by atoms with Gasteiger partial charge in [0.05, 0.1) is 18.6 Å². The van der Waals surface area contributed by atoms with Gasteiger partial charge in [-0.2, -0.15) is 11.8 Å². The van der Waals surface area contributed by atoms with Gasteiger partial charge in [0.15, 0.2) is 0 Å². The van der Waals surface area contributed by atoms with Crippen LogP contribution in [0.3, 0.4) is 0 Å². The maximum atomic E-state index is 13.6. The normalized spacial score (nSPS) is 12.3. The third kappa shape index (κ3) is 6.91. The van der Waals surface area contributed by atoms with E-state index in [-0.39, 0.29) is 5.82 Å². The Morgan fingerprint density at radius 2 is 1.87 bits per heavy atom. The largest absolute Gasteiger partial charge is 0.494 e. The van der Waals surface area contributed by atoms with Crippen molar-refractivity contribution in [3.63, 3.8) is 0 Å². The lowest BCUT2D eigenvalue weighted by Crippen LogP contribution is -2.48. The fourth-order valence-corrected chi connectivity index (χ4v) is 4.88. The summed E-state index contributed by atoms with van der Waals surface area (Å²) in [4.78, 5) is 12.5. The van der Waals surface area contributed by atoms with Crippen molar-refractivity contribution in [1.82, 2.24) is 5.32 Å². The van der Waals surface area contributed by atoms with Gasteiger partial charge in [0.2, 0.25) is 15.9 Å². The smallest absolute Gasteiger partial charge is 0.243 e. The fraction of sp³-hybridized carbons (Fsp3) is 0.381. The summed E-state index contributed by atoms with van der Waals surface area (Å²) in [6, 6.07) is 12.2. The second-order valence-electron chi connectivity index (χ2n) is 6.60. The first-order chi connectivity index (χ1) is 14.2. The van der Waals surface area contributed by atoms with Crippen molar-refractivity contribution in [2.45, 2.75) is 25.6 Å². The van der Waals surface area contributed by atoms with Gasteiger partial charge >= 0.3 is 0 Å². The van der Waals surface area contributed by atoms with Crippen molar-refractivity contribution in [3.05, 3.63) is 59.9 Å². The molecule has 0 aliphatic rings. The van der Waals surface area contributed by atoms with Crippen LogP contribution >= 0.6 is 11.8 Å². The number of anilines is 1. The molecule has 0 saturated heterocycles. The molecular formula is C21H27FN2O4S2. The Labute approximate surface area is 181 Å². The first kappa shape index (κ1) is 24.0. The van der Waals surface area contributed by atoms with E-state index in [1.165, 1.54) is 17.8 Å². The van der Waals surface area contributed by atoms with Gasteiger partial charge in [-0.1, -0.05) is 18.2 Å². The quantitative estimate of drug-likeness (QED) is 0.527. The van der Waals surface area contributed by atoms with Gasteiger partial charge in [-0.3, -0.25) is 9.10 Å². The molecule has 1 amide bonds. The molecule has 0 aliphatic heterocycles. The summed E-state index contributed by atoms with van der Waals surface area (Å²) < 4.78 is 44.7. The average Bonchev–Trinajstić information content (AvgIpc) is 2.69. The Morgan fingerprint density at radius 3 is 2.47 bits per heavy atom. The second kappa shape index (κ2) is 11.2. The number of benzene rings is 2. The predicted octanol–water partition coefficient (Wildman–Crippen LogP) is 3.43. The number of halogens is 1. The number of hydrogen-bond donors (Lipinski definition) is 1. The third-order valence-corrected chi connectivity index (χ3v) is 6.50. The Morgan fingerprint density at radius 1 is 1.20 bits per heavy atom. The maximum Gasteiger partial charge on any atom is 0.243 e. The van der Waals surface area contributed by atoms with E-state index >= 15 is 0 Å². The highest BCUT2D eigenvalue weighted by molar-refractivity contribution is 7.98. The number of ether oxygens (including phenoxy) is 1. The summed E-state index contributed by atoms with van der Waals surface area (Å²) in [5, 5.41) is 2.75. The number of hydrogen-bond acceptors (Lipinski definition) is 5. The zero-order chi connectivity index (χ0) is 22.1. The van der Waals surface area contributed by atoms with Crippen LogP contribution in [0.25, 0.3) is 0 Å². The van der Waals surface area contributed by atoms with Crippen molar-refractivity contribution in [1.29, 1.82) is 0 Å². The summed E-state index contributed by atoms with van der Waals surface area (Å²) in [6.45, 7) is 4.25. The van der Waals surface area contributed by atoms with E-state index in [0.29, 0.717) is 41.7 Å². The van der Waals surface area contributed by atoms with Crippen LogP contribution in [0.5, 0.6) is 5.75 Å². The molecule has 0 radical (unpaired) electrons. The van der Waals surface area contributed by atoms with Gasteiger partial charge in [0, 0.05) is 18.1 Å². The van der Waals surface area contributed by atoms with E-state index in [4.69, 9.17) is 4.74 Å². The summed E-state index contributed by atoms with van der Waals surface area (Å²) in [5.74, 6) is 1.05. The standard InChI is InChI=1S/C21H27FN2O4S2/c1-4-28-19-11-9-18(10-12-19)24(30(3,26)27)16(2)21(25)23-13-14-29-15-17-7-5-6-8-20(17)22/h5-12,16H,4,13-15H2,1-3H3,(H,23,25)/t16-/m1/s1. The number of nitrogens with one attached hydrogen (secondary N) is 1. The van der Waals surface area contributed by atoms with Crippen LogP contribution in [0.2, 0.25) is 0 Å². The molecule has 2 rings (SSSR count). The Bertz CT molecular complexity index is 936. The molecule has 0 aromatic heterocycles. The maximum absolute atomic E-state index is 13.6. The Kier molecular flexibility index (Phi) is 8.98. The van der Waals surface area contributed by atoms with Gasteiger partial charge in [0.25, 0.3) is 0 Å². The van der Waals surface area contributed by atoms with Crippen LogP contribution in [-0.2, 0) is 20.6 Å². The minimum absolute atomic E-state index is 0.248. The number of amides is 1. The van der Waals surface area contributed by atoms with E-state index in [1.54, 1.807) is 49.4 Å². The van der Waals surface area contributed by atoms with Crippen LogP contribution in [0.4, 0.5) is 10.1 Å². The van der Waals surface area contributed by atoms with Crippen molar-refractivity contribution in [2.24, 2.45) is 0 Å². The van der Waals surface area contributed by atoms with Crippen LogP contribution in [-0.4, -0.2) is 45.5 Å². The minimum Gasteiger partial charge on any atom is -0.494 e. The molecule has 164 valence electrons. The Balaban J connectivity index is 1.93. The molecule has 2 aromatic carbocycles. The SMILES string of the molecule is CCOc1ccc(N([C@H](C)C(=O)NCCSCc2ccccc2F)S(C)(=O)=O)cc1. The number of carbonyl (C=O) groups excluding carboxylic acids is 1. The molecule has 2 aromatic rings. The molecular weight excluding hydrogens is 427 g/mol. The molecule has 0 fully saturated rings. The lowest BCUT2D eigenvalue weighted by molar-refractivity contribution is -0.121. The number of thioether (sulfide) groups is 1. The van der Waals surface area contributed by atoms with E-state index < -0.39 is 22.0 Å². The molecule has 0 heterocycles. The molecule has 1 atom stereocenters. The summed E-state index contributed by atoms with van der Waals surface area (Å²) >= 11 is 1.49. The number of sulfonamides is 1.